The van der Waals surface area contributed by atoms with Gasteiger partial charge in [-0.05, 0) is 0 Å². The summed E-state index contributed by atoms with van der Waals surface area (Å²) in [4.78, 5) is 0. The topological polar surface area (TPSA) is 0 Å². The van der Waals surface area contributed by atoms with Crippen LogP contribution in [0.1, 0.15) is 104 Å². The van der Waals surface area contributed by atoms with Crippen molar-refractivity contribution in [3.8, 4) is 0 Å². The Morgan fingerprint density at radius 1 is 0.828 bits per heavy atom. The van der Waals surface area contributed by atoms with E-state index in [1.807, 2.05) is 19.8 Å². The molecule has 166 valence electrons. The number of rotatable bonds is 16. The number of thiophene rings is 2. The van der Waals surface area contributed by atoms with Gasteiger partial charge in [-0.1, -0.05) is 0 Å². The average molecular weight is 541 g/mol. The van der Waals surface area contributed by atoms with Crippen LogP contribution in [0.15, 0.2) is 11.4 Å². The molecule has 0 nitrogen and oxygen atoms in total. The number of fused-ring (bicyclic) bond motifs is 1. The van der Waals surface area contributed by atoms with E-state index in [1.54, 1.807) is 22.7 Å². The molecule has 2 aromatic heterocycles. The third kappa shape index (κ3) is 6.97. The Labute approximate surface area is 193 Å². The average Bonchev–Trinajstić information content (AvgIpc) is 3.33. The molecule has 0 radical (unpaired) electrons. The van der Waals surface area contributed by atoms with Gasteiger partial charge in [0.15, 0.2) is 0 Å². The van der Waals surface area contributed by atoms with E-state index in [0.29, 0.717) is 0 Å². The normalized spacial score (nSPS) is 13.4. The second-order valence-corrected chi connectivity index (χ2v) is 25.3. The number of unbranched alkanes of at least 4 members (excludes halogenated alkanes) is 4. The fraction of sp³-hybridized carbons (Fsp3) is 0.769. The molecule has 0 fully saturated rings. The summed E-state index contributed by atoms with van der Waals surface area (Å²) in [5.74, 6) is 0.890. The maximum atomic E-state index is 2.43. The molecule has 0 spiro atoms. The van der Waals surface area contributed by atoms with Gasteiger partial charge in [-0.2, -0.15) is 0 Å². The molecule has 0 saturated carbocycles. The Balaban J connectivity index is 2.49. The third-order valence-corrected chi connectivity index (χ3v) is 27.7. The standard InChI is InChI=1S/C14H19S2.3C4H9.Sn/c1-3-5-6-11(4-2)9-12-10-16-13-7-8-15-14(12)13;3*1-3-4-2;/h7-8,11H,3-6,9H2,1-2H3;3*1,3-4H2,2H3;. The molecule has 0 aromatic carbocycles. The number of hydrogen-bond acceptors (Lipinski definition) is 2. The first-order valence-electron chi connectivity index (χ1n) is 12.6. The van der Waals surface area contributed by atoms with E-state index in [4.69, 9.17) is 0 Å². The van der Waals surface area contributed by atoms with E-state index in [-0.39, 0.29) is 0 Å². The molecule has 29 heavy (non-hydrogen) atoms. The molecule has 0 saturated heterocycles. The van der Waals surface area contributed by atoms with Crippen LogP contribution in [0.2, 0.25) is 13.3 Å². The van der Waals surface area contributed by atoms with E-state index < -0.39 is 18.4 Å². The van der Waals surface area contributed by atoms with Crippen LogP contribution < -0.4 is 2.89 Å². The molecule has 2 heterocycles. The summed E-state index contributed by atoms with van der Waals surface area (Å²) in [7, 11) is 0. The van der Waals surface area contributed by atoms with Crippen LogP contribution in [-0.4, -0.2) is 18.4 Å². The second kappa shape index (κ2) is 13.8. The van der Waals surface area contributed by atoms with Crippen LogP contribution in [0.4, 0.5) is 0 Å². The van der Waals surface area contributed by atoms with E-state index >= 15 is 0 Å². The van der Waals surface area contributed by atoms with Crippen molar-refractivity contribution in [2.45, 2.75) is 119 Å². The Morgan fingerprint density at radius 3 is 1.93 bits per heavy atom. The van der Waals surface area contributed by atoms with Crippen LogP contribution in [0.25, 0.3) is 9.40 Å². The van der Waals surface area contributed by atoms with Crippen molar-refractivity contribution in [1.82, 2.24) is 0 Å². The number of hydrogen-bond donors (Lipinski definition) is 0. The van der Waals surface area contributed by atoms with Crippen molar-refractivity contribution in [2.24, 2.45) is 5.92 Å². The Morgan fingerprint density at radius 2 is 1.41 bits per heavy atom. The zero-order valence-electron chi connectivity index (χ0n) is 19.9. The van der Waals surface area contributed by atoms with Gasteiger partial charge in [0, 0.05) is 0 Å². The molecule has 0 aliphatic rings. The molecular formula is C26H46S2Sn. The third-order valence-electron chi connectivity index (χ3n) is 6.93. The summed E-state index contributed by atoms with van der Waals surface area (Å²) in [6, 6.07) is 2.43. The molecule has 0 aliphatic heterocycles. The zero-order valence-corrected chi connectivity index (χ0v) is 24.4. The van der Waals surface area contributed by atoms with E-state index in [0.717, 1.165) is 5.92 Å². The fourth-order valence-corrected chi connectivity index (χ4v) is 27.8. The molecular weight excluding hydrogens is 495 g/mol. The summed E-state index contributed by atoms with van der Waals surface area (Å²) in [5.41, 5.74) is 1.86. The molecule has 0 amide bonds. The van der Waals surface area contributed by atoms with Gasteiger partial charge in [0.1, 0.15) is 0 Å². The van der Waals surface area contributed by atoms with E-state index in [2.05, 4.69) is 57.4 Å². The van der Waals surface area contributed by atoms with Crippen LogP contribution >= 0.6 is 22.7 Å². The van der Waals surface area contributed by atoms with Crippen molar-refractivity contribution in [1.29, 1.82) is 0 Å². The second-order valence-electron chi connectivity index (χ2n) is 9.24. The monoisotopic (exact) mass is 542 g/mol. The quantitative estimate of drug-likeness (QED) is 0.186. The molecule has 0 bridgehead atoms. The van der Waals surface area contributed by atoms with Gasteiger partial charge >= 0.3 is 195 Å². The van der Waals surface area contributed by atoms with Gasteiger partial charge in [0.05, 0.1) is 0 Å². The van der Waals surface area contributed by atoms with Gasteiger partial charge in [-0.3, -0.25) is 0 Å². The summed E-state index contributed by atoms with van der Waals surface area (Å²) in [5, 5.41) is 2.35. The summed E-state index contributed by atoms with van der Waals surface area (Å²) in [6.07, 6.45) is 15.4. The molecule has 0 aliphatic carbocycles. The van der Waals surface area contributed by atoms with Gasteiger partial charge in [-0.25, -0.2) is 0 Å². The van der Waals surface area contributed by atoms with Crippen molar-refractivity contribution in [3.05, 3.63) is 17.0 Å². The van der Waals surface area contributed by atoms with E-state index in [1.165, 1.54) is 70.6 Å². The van der Waals surface area contributed by atoms with Crippen LogP contribution in [0.5, 0.6) is 0 Å². The van der Waals surface area contributed by atoms with Crippen molar-refractivity contribution in [3.63, 3.8) is 0 Å². The Bertz CT molecular complexity index is 662. The Kier molecular flexibility index (Phi) is 12.2. The van der Waals surface area contributed by atoms with Gasteiger partial charge in [0.2, 0.25) is 0 Å². The molecule has 2 aromatic rings. The molecule has 2 rings (SSSR count). The van der Waals surface area contributed by atoms with Crippen LogP contribution in [0.3, 0.4) is 0 Å². The van der Waals surface area contributed by atoms with E-state index in [9.17, 15) is 0 Å². The zero-order chi connectivity index (χ0) is 21.1. The fourth-order valence-electron chi connectivity index (χ4n) is 4.98. The minimum absolute atomic E-state index is 0.890. The van der Waals surface area contributed by atoms with Crippen molar-refractivity contribution in [2.75, 3.05) is 0 Å². The first-order valence-corrected chi connectivity index (χ1v) is 21.8. The summed E-state index contributed by atoms with van der Waals surface area (Å²) >= 11 is 1.95. The van der Waals surface area contributed by atoms with Crippen molar-refractivity contribution >= 4 is 53.3 Å². The molecule has 1 atom stereocenters. The molecule has 0 N–H and O–H groups in total. The first kappa shape index (κ1) is 25.7. The van der Waals surface area contributed by atoms with Gasteiger partial charge < -0.3 is 0 Å². The predicted molar refractivity (Wildman–Crippen MR) is 141 cm³/mol. The van der Waals surface area contributed by atoms with Crippen molar-refractivity contribution < 1.29 is 0 Å². The SMILES string of the molecule is CCCCC(CC)Cc1[c]([Sn]([CH2]CCC)([CH2]CCC)[CH2]CCC)sc2ccsc12. The van der Waals surface area contributed by atoms with Crippen LogP contribution in [0, 0.1) is 5.92 Å². The minimum atomic E-state index is -2.36. The predicted octanol–water partition coefficient (Wildman–Crippen LogP) is 9.78. The molecule has 1 unspecified atom stereocenters. The summed E-state index contributed by atoms with van der Waals surface area (Å²) in [6.45, 7) is 12.0. The maximum absolute atomic E-state index is 2.43. The van der Waals surface area contributed by atoms with Gasteiger partial charge in [-0.15, -0.1) is 0 Å². The Hall–Kier alpha value is 0.459. The molecule has 3 heteroatoms. The van der Waals surface area contributed by atoms with Crippen LogP contribution in [-0.2, 0) is 6.42 Å². The van der Waals surface area contributed by atoms with Gasteiger partial charge in [0.25, 0.3) is 0 Å². The summed E-state index contributed by atoms with van der Waals surface area (Å²) < 4.78 is 10.2. The first-order chi connectivity index (χ1) is 14.2.